The number of hydrogen-bond donors (Lipinski definition) is 0. The number of allylic oxidation sites excluding steroid dienone is 2. The highest BCUT2D eigenvalue weighted by atomic mass is 15.4. The van der Waals surface area contributed by atoms with Crippen LogP contribution in [0.3, 0.4) is 0 Å². The van der Waals surface area contributed by atoms with E-state index in [0.717, 1.165) is 18.7 Å². The van der Waals surface area contributed by atoms with E-state index in [1.165, 1.54) is 12.8 Å². The molecule has 1 aromatic heterocycles. The minimum atomic E-state index is 0.238. The molecule has 1 aliphatic carbocycles. The maximum atomic E-state index is 8.97. The summed E-state index contributed by atoms with van der Waals surface area (Å²) in [7, 11) is 0. The molecular formula is C13H16N4. The van der Waals surface area contributed by atoms with Gasteiger partial charge in [0.15, 0.2) is 0 Å². The molecular weight excluding hydrogens is 212 g/mol. The molecule has 1 aliphatic heterocycles. The van der Waals surface area contributed by atoms with Crippen LogP contribution in [0.5, 0.6) is 0 Å². The van der Waals surface area contributed by atoms with Crippen molar-refractivity contribution >= 4 is 0 Å². The van der Waals surface area contributed by atoms with Crippen LogP contribution in [0.2, 0.25) is 0 Å². The lowest BCUT2D eigenvalue weighted by molar-refractivity contribution is 0.346. The molecule has 0 spiro atoms. The van der Waals surface area contributed by atoms with Gasteiger partial charge in [-0.15, -0.1) is 0 Å². The molecule has 0 fully saturated rings. The van der Waals surface area contributed by atoms with Crippen LogP contribution >= 0.6 is 0 Å². The Morgan fingerprint density at radius 1 is 1.47 bits per heavy atom. The number of hydrogen-bond acceptors (Lipinski definition) is 3. The summed E-state index contributed by atoms with van der Waals surface area (Å²) in [6.45, 7) is 0. The monoisotopic (exact) mass is 228 g/mol. The summed E-state index contributed by atoms with van der Waals surface area (Å²) in [5.41, 5.74) is 0. The predicted octanol–water partition coefficient (Wildman–Crippen LogP) is 2.58. The molecule has 0 bridgehead atoms. The van der Waals surface area contributed by atoms with Crippen LogP contribution in [-0.4, -0.2) is 14.8 Å². The number of nitriles is 1. The Labute approximate surface area is 101 Å². The van der Waals surface area contributed by atoms with E-state index in [-0.39, 0.29) is 5.92 Å². The average molecular weight is 228 g/mol. The topological polar surface area (TPSA) is 54.5 Å². The van der Waals surface area contributed by atoms with E-state index in [0.29, 0.717) is 18.4 Å². The van der Waals surface area contributed by atoms with Gasteiger partial charge in [0, 0.05) is 18.3 Å². The molecule has 3 atom stereocenters. The van der Waals surface area contributed by atoms with E-state index in [1.807, 2.05) is 0 Å². The van der Waals surface area contributed by atoms with Gasteiger partial charge in [0.05, 0.1) is 12.1 Å². The molecule has 3 rings (SSSR count). The van der Waals surface area contributed by atoms with Crippen molar-refractivity contribution in [1.82, 2.24) is 14.8 Å². The van der Waals surface area contributed by atoms with Crippen LogP contribution < -0.4 is 0 Å². The zero-order valence-electron chi connectivity index (χ0n) is 9.79. The van der Waals surface area contributed by atoms with Crippen molar-refractivity contribution in [3.63, 3.8) is 0 Å². The van der Waals surface area contributed by atoms with Crippen LogP contribution in [0.4, 0.5) is 0 Å². The van der Waals surface area contributed by atoms with Crippen molar-refractivity contribution in [1.29, 1.82) is 5.26 Å². The van der Waals surface area contributed by atoms with Crippen LogP contribution in [0.15, 0.2) is 18.5 Å². The lowest BCUT2D eigenvalue weighted by Gasteiger charge is -2.21. The van der Waals surface area contributed by atoms with Crippen LogP contribution in [0.1, 0.15) is 49.9 Å². The Hall–Kier alpha value is -1.63. The number of fused-ring (bicyclic) bond motifs is 3. The molecule has 0 aromatic carbocycles. The van der Waals surface area contributed by atoms with E-state index in [4.69, 9.17) is 5.26 Å². The van der Waals surface area contributed by atoms with Gasteiger partial charge in [-0.1, -0.05) is 18.6 Å². The maximum absolute atomic E-state index is 8.97. The van der Waals surface area contributed by atoms with Crippen molar-refractivity contribution in [2.75, 3.05) is 0 Å². The summed E-state index contributed by atoms with van der Waals surface area (Å²) in [5.74, 6) is 1.67. The Morgan fingerprint density at radius 2 is 2.41 bits per heavy atom. The van der Waals surface area contributed by atoms with E-state index < -0.39 is 0 Å². The molecule has 2 aliphatic rings. The Morgan fingerprint density at radius 3 is 3.29 bits per heavy atom. The fourth-order valence-corrected chi connectivity index (χ4v) is 3.16. The number of rotatable bonds is 1. The number of nitrogens with zero attached hydrogens (tertiary/aromatic N) is 4. The molecule has 0 saturated heterocycles. The quantitative estimate of drug-likeness (QED) is 0.694. The van der Waals surface area contributed by atoms with Crippen molar-refractivity contribution < 1.29 is 0 Å². The third-order valence-electron chi connectivity index (χ3n) is 3.95. The van der Waals surface area contributed by atoms with Crippen LogP contribution in [0.25, 0.3) is 0 Å². The van der Waals surface area contributed by atoms with Gasteiger partial charge in [0.25, 0.3) is 0 Å². The molecule has 0 N–H and O–H groups in total. The standard InChI is InChI=1S/C13H16N4/c14-8-7-11-10-5-3-1-2-4-6-12(10)17-13(11)15-9-16-17/h3,5,9-12H,1-2,4,6-7H2/b5-3-. The van der Waals surface area contributed by atoms with Gasteiger partial charge in [-0.2, -0.15) is 10.4 Å². The minimum Gasteiger partial charge on any atom is -0.246 e. The predicted molar refractivity (Wildman–Crippen MR) is 63.1 cm³/mol. The zero-order chi connectivity index (χ0) is 11.7. The minimum absolute atomic E-state index is 0.238. The highest BCUT2D eigenvalue weighted by Gasteiger charge is 2.40. The first-order chi connectivity index (χ1) is 8.42. The summed E-state index contributed by atoms with van der Waals surface area (Å²) in [6, 6.07) is 2.71. The summed E-state index contributed by atoms with van der Waals surface area (Å²) < 4.78 is 2.06. The smallest absolute Gasteiger partial charge is 0.138 e. The lowest BCUT2D eigenvalue weighted by Crippen LogP contribution is -2.15. The summed E-state index contributed by atoms with van der Waals surface area (Å²) >= 11 is 0. The SMILES string of the molecule is N#CCC1c2ncnn2C2CCCC/C=C\C12. The van der Waals surface area contributed by atoms with Gasteiger partial charge < -0.3 is 0 Å². The second-order valence-electron chi connectivity index (χ2n) is 4.89. The van der Waals surface area contributed by atoms with Crippen molar-refractivity contribution in [3.05, 3.63) is 24.3 Å². The van der Waals surface area contributed by atoms with Crippen molar-refractivity contribution in [2.24, 2.45) is 5.92 Å². The van der Waals surface area contributed by atoms with E-state index in [1.54, 1.807) is 6.33 Å². The largest absolute Gasteiger partial charge is 0.246 e. The molecule has 1 aromatic rings. The Kier molecular flexibility index (Phi) is 2.68. The first-order valence-corrected chi connectivity index (χ1v) is 6.35. The van der Waals surface area contributed by atoms with Gasteiger partial charge in [0.1, 0.15) is 12.2 Å². The number of aromatic nitrogens is 3. The van der Waals surface area contributed by atoms with Gasteiger partial charge >= 0.3 is 0 Å². The Balaban J connectivity index is 1.99. The normalized spacial score (nSPS) is 33.0. The van der Waals surface area contributed by atoms with Gasteiger partial charge in [-0.05, 0) is 19.3 Å². The van der Waals surface area contributed by atoms with Gasteiger partial charge in [-0.25, -0.2) is 9.67 Å². The fourth-order valence-electron chi connectivity index (χ4n) is 3.16. The maximum Gasteiger partial charge on any atom is 0.138 e. The molecule has 17 heavy (non-hydrogen) atoms. The summed E-state index contributed by atoms with van der Waals surface area (Å²) in [5, 5.41) is 13.3. The first kappa shape index (κ1) is 10.5. The van der Waals surface area contributed by atoms with Gasteiger partial charge in [-0.3, -0.25) is 0 Å². The molecule has 4 nitrogen and oxygen atoms in total. The van der Waals surface area contributed by atoms with Crippen molar-refractivity contribution in [3.8, 4) is 6.07 Å². The van der Waals surface area contributed by atoms with E-state index in [9.17, 15) is 0 Å². The van der Waals surface area contributed by atoms with Gasteiger partial charge in [0.2, 0.25) is 0 Å². The van der Waals surface area contributed by atoms with Crippen molar-refractivity contribution in [2.45, 2.75) is 44.1 Å². The zero-order valence-corrected chi connectivity index (χ0v) is 9.79. The lowest BCUT2D eigenvalue weighted by atomic mass is 9.83. The second-order valence-corrected chi connectivity index (χ2v) is 4.89. The highest BCUT2D eigenvalue weighted by molar-refractivity contribution is 5.17. The highest BCUT2D eigenvalue weighted by Crippen LogP contribution is 2.45. The molecule has 3 unspecified atom stereocenters. The molecule has 0 radical (unpaired) electrons. The molecule has 2 heterocycles. The third kappa shape index (κ3) is 1.66. The molecule has 0 amide bonds. The Bertz CT molecular complexity index is 468. The second kappa shape index (κ2) is 4.33. The fraction of sp³-hybridized carbons (Fsp3) is 0.615. The summed E-state index contributed by atoms with van der Waals surface area (Å²) in [4.78, 5) is 4.35. The third-order valence-corrected chi connectivity index (χ3v) is 3.95. The summed E-state index contributed by atoms with van der Waals surface area (Å²) in [6.07, 6.45) is 11.6. The molecule has 0 saturated carbocycles. The molecule has 88 valence electrons. The van der Waals surface area contributed by atoms with E-state index >= 15 is 0 Å². The molecule has 4 heteroatoms. The average Bonchev–Trinajstić information content (AvgIpc) is 2.83. The van der Waals surface area contributed by atoms with Crippen LogP contribution in [-0.2, 0) is 0 Å². The van der Waals surface area contributed by atoms with E-state index in [2.05, 4.69) is 33.0 Å². The van der Waals surface area contributed by atoms with Crippen LogP contribution in [0, 0.1) is 17.2 Å². The first-order valence-electron chi connectivity index (χ1n) is 6.35.